The highest BCUT2D eigenvalue weighted by Gasteiger charge is 2.33. The van der Waals surface area contributed by atoms with Crippen LogP contribution < -0.4 is 10.6 Å². The summed E-state index contributed by atoms with van der Waals surface area (Å²) >= 11 is 0. The number of amidine groups is 1. The van der Waals surface area contributed by atoms with Crippen molar-refractivity contribution in [2.75, 3.05) is 11.4 Å². The van der Waals surface area contributed by atoms with Crippen LogP contribution in [-0.4, -0.2) is 28.6 Å². The van der Waals surface area contributed by atoms with Gasteiger partial charge in [0.25, 0.3) is 0 Å². The minimum absolute atomic E-state index is 0.0832. The zero-order valence-corrected chi connectivity index (χ0v) is 12.2. The van der Waals surface area contributed by atoms with Gasteiger partial charge in [0.2, 0.25) is 0 Å². The number of nitrogens with one attached hydrogen (secondary N) is 1. The van der Waals surface area contributed by atoms with Crippen molar-refractivity contribution < 1.29 is 0 Å². The molecule has 104 valence electrons. The number of rotatable bonds is 5. The van der Waals surface area contributed by atoms with Crippen molar-refractivity contribution >= 4 is 11.7 Å². The van der Waals surface area contributed by atoms with Crippen LogP contribution in [0.25, 0.3) is 0 Å². The van der Waals surface area contributed by atoms with Crippen molar-refractivity contribution in [1.82, 2.24) is 10.2 Å². The third-order valence-corrected chi connectivity index (χ3v) is 3.53. The summed E-state index contributed by atoms with van der Waals surface area (Å²) in [6.07, 6.45) is 2.39. The van der Waals surface area contributed by atoms with E-state index in [1.54, 1.807) is 0 Å². The van der Waals surface area contributed by atoms with Crippen molar-refractivity contribution in [3.05, 3.63) is 16.8 Å². The van der Waals surface area contributed by atoms with Gasteiger partial charge in [0.1, 0.15) is 5.84 Å². The van der Waals surface area contributed by atoms with Crippen LogP contribution >= 0.6 is 0 Å². The van der Waals surface area contributed by atoms with E-state index in [1.165, 1.54) is 12.8 Å². The molecule has 1 saturated carbocycles. The molecule has 0 bridgehead atoms. The molecule has 1 aromatic heterocycles. The molecule has 1 heterocycles. The molecule has 19 heavy (non-hydrogen) atoms. The first-order valence-electron chi connectivity index (χ1n) is 6.86. The van der Waals surface area contributed by atoms with Gasteiger partial charge in [-0.25, -0.2) is 0 Å². The van der Waals surface area contributed by atoms with E-state index in [0.29, 0.717) is 12.0 Å². The van der Waals surface area contributed by atoms with Crippen LogP contribution in [0.5, 0.6) is 0 Å². The molecule has 1 aromatic rings. The number of nitrogens with zero attached hydrogens (tertiary/aromatic N) is 3. The molecule has 1 aliphatic rings. The van der Waals surface area contributed by atoms with Crippen LogP contribution in [0.15, 0.2) is 0 Å². The van der Waals surface area contributed by atoms with E-state index in [1.807, 2.05) is 13.8 Å². The molecule has 0 aromatic carbocycles. The van der Waals surface area contributed by atoms with Gasteiger partial charge in [-0.1, -0.05) is 13.8 Å². The van der Waals surface area contributed by atoms with E-state index < -0.39 is 0 Å². The molecular weight excluding hydrogens is 238 g/mol. The van der Waals surface area contributed by atoms with Crippen LogP contribution in [0.2, 0.25) is 0 Å². The Bertz CT molecular complexity index is 491. The smallest absolute Gasteiger partial charge is 0.162 e. The predicted molar refractivity (Wildman–Crippen MR) is 77.7 cm³/mol. The number of nitrogen functional groups attached to an aromatic ring is 1. The van der Waals surface area contributed by atoms with Gasteiger partial charge in [-0.05, 0) is 38.2 Å². The van der Waals surface area contributed by atoms with E-state index in [2.05, 4.69) is 28.9 Å². The van der Waals surface area contributed by atoms with Crippen LogP contribution in [0, 0.1) is 25.2 Å². The van der Waals surface area contributed by atoms with Crippen LogP contribution in [0.3, 0.4) is 0 Å². The monoisotopic (exact) mass is 261 g/mol. The molecule has 5 heteroatoms. The van der Waals surface area contributed by atoms with Crippen LogP contribution in [0.1, 0.15) is 43.5 Å². The van der Waals surface area contributed by atoms with E-state index in [9.17, 15) is 0 Å². The number of nitrogens with two attached hydrogens (primary N) is 1. The van der Waals surface area contributed by atoms with Crippen molar-refractivity contribution in [3.8, 4) is 0 Å². The SMILES string of the molecule is Cc1nnc(N(CC(C)C)C2CC2)c(C(=N)N)c1C. The Morgan fingerprint density at radius 1 is 1.37 bits per heavy atom. The first-order chi connectivity index (χ1) is 8.91. The lowest BCUT2D eigenvalue weighted by atomic mass is 10.1. The largest absolute Gasteiger partial charge is 0.384 e. The molecule has 0 unspecified atom stereocenters. The van der Waals surface area contributed by atoms with Crippen molar-refractivity contribution in [3.63, 3.8) is 0 Å². The Morgan fingerprint density at radius 2 is 2.00 bits per heavy atom. The van der Waals surface area contributed by atoms with Gasteiger partial charge < -0.3 is 10.6 Å². The number of hydrogen-bond acceptors (Lipinski definition) is 4. The first-order valence-corrected chi connectivity index (χ1v) is 6.86. The number of anilines is 1. The minimum atomic E-state index is 0.0832. The lowest BCUT2D eigenvalue weighted by Crippen LogP contribution is -2.34. The summed E-state index contributed by atoms with van der Waals surface area (Å²) in [7, 11) is 0. The van der Waals surface area contributed by atoms with Gasteiger partial charge in [-0.15, -0.1) is 5.10 Å². The fourth-order valence-electron chi connectivity index (χ4n) is 2.31. The molecule has 5 nitrogen and oxygen atoms in total. The summed E-state index contributed by atoms with van der Waals surface area (Å²) in [6, 6.07) is 0.539. The molecule has 0 spiro atoms. The van der Waals surface area contributed by atoms with E-state index >= 15 is 0 Å². The van der Waals surface area contributed by atoms with E-state index in [0.717, 1.165) is 29.2 Å². The second kappa shape index (κ2) is 5.15. The third-order valence-electron chi connectivity index (χ3n) is 3.53. The van der Waals surface area contributed by atoms with Crippen LogP contribution in [-0.2, 0) is 0 Å². The van der Waals surface area contributed by atoms with Gasteiger partial charge in [0, 0.05) is 12.6 Å². The topological polar surface area (TPSA) is 78.9 Å². The Labute approximate surface area is 114 Å². The lowest BCUT2D eigenvalue weighted by molar-refractivity contribution is 0.599. The summed E-state index contributed by atoms with van der Waals surface area (Å²) in [5.41, 5.74) is 8.32. The van der Waals surface area contributed by atoms with Gasteiger partial charge in [-0.2, -0.15) is 5.10 Å². The molecule has 2 rings (SSSR count). The zero-order valence-electron chi connectivity index (χ0n) is 12.2. The molecule has 0 amide bonds. The second-order valence-corrected chi connectivity index (χ2v) is 5.80. The van der Waals surface area contributed by atoms with Crippen molar-refractivity contribution in [2.24, 2.45) is 11.7 Å². The fraction of sp³-hybridized carbons (Fsp3) is 0.643. The molecule has 0 radical (unpaired) electrons. The molecule has 3 N–H and O–H groups in total. The van der Waals surface area contributed by atoms with Gasteiger partial charge in [0.15, 0.2) is 5.82 Å². The second-order valence-electron chi connectivity index (χ2n) is 5.80. The molecule has 1 fully saturated rings. The zero-order chi connectivity index (χ0) is 14.2. The summed E-state index contributed by atoms with van der Waals surface area (Å²) < 4.78 is 0. The summed E-state index contributed by atoms with van der Waals surface area (Å²) in [6.45, 7) is 9.18. The molecule has 1 aliphatic carbocycles. The summed E-state index contributed by atoms with van der Waals surface area (Å²) in [4.78, 5) is 2.28. The Kier molecular flexibility index (Phi) is 3.73. The Hall–Kier alpha value is -1.65. The van der Waals surface area contributed by atoms with Crippen molar-refractivity contribution in [2.45, 2.75) is 46.6 Å². The van der Waals surface area contributed by atoms with Crippen LogP contribution in [0.4, 0.5) is 5.82 Å². The average Bonchev–Trinajstić information content (AvgIpc) is 3.12. The lowest BCUT2D eigenvalue weighted by Gasteiger charge is -2.27. The van der Waals surface area contributed by atoms with Gasteiger partial charge in [-0.3, -0.25) is 5.41 Å². The number of hydrogen-bond donors (Lipinski definition) is 2. The summed E-state index contributed by atoms with van der Waals surface area (Å²) in [5, 5.41) is 16.4. The molecule has 0 atom stereocenters. The normalized spacial score (nSPS) is 14.8. The fourth-order valence-corrected chi connectivity index (χ4v) is 2.31. The van der Waals surface area contributed by atoms with E-state index in [4.69, 9.17) is 11.1 Å². The van der Waals surface area contributed by atoms with Crippen molar-refractivity contribution in [1.29, 1.82) is 5.41 Å². The Balaban J connectivity index is 2.47. The molecular formula is C14H23N5. The van der Waals surface area contributed by atoms with Gasteiger partial charge in [0.05, 0.1) is 11.3 Å². The average molecular weight is 261 g/mol. The highest BCUT2D eigenvalue weighted by Crippen LogP contribution is 2.33. The molecule has 0 saturated heterocycles. The highest BCUT2D eigenvalue weighted by atomic mass is 15.3. The maximum Gasteiger partial charge on any atom is 0.162 e. The Morgan fingerprint density at radius 3 is 2.47 bits per heavy atom. The highest BCUT2D eigenvalue weighted by molar-refractivity contribution is 6.01. The standard InChI is InChI=1S/C14H23N5/c1-8(2)7-19(11-5-6-11)14-12(13(15)16)9(3)10(4)17-18-14/h8,11H,5-7H2,1-4H3,(H3,15,16). The van der Waals surface area contributed by atoms with Gasteiger partial charge >= 0.3 is 0 Å². The third kappa shape index (κ3) is 2.85. The minimum Gasteiger partial charge on any atom is -0.384 e. The summed E-state index contributed by atoms with van der Waals surface area (Å²) in [5.74, 6) is 1.41. The number of aryl methyl sites for hydroxylation is 1. The molecule has 0 aliphatic heterocycles. The quantitative estimate of drug-likeness (QED) is 0.627. The predicted octanol–water partition coefficient (Wildman–Crippen LogP) is 2.00. The first kappa shape index (κ1) is 13.8. The maximum absolute atomic E-state index is 7.83. The number of aromatic nitrogens is 2. The van der Waals surface area contributed by atoms with E-state index in [-0.39, 0.29) is 5.84 Å². The maximum atomic E-state index is 7.83.